The molecule has 4 nitrogen and oxygen atoms in total. The largest absolute Gasteiger partial charge is 0.457 e. The van der Waals surface area contributed by atoms with Crippen LogP contribution < -0.4 is 0 Å². The fourth-order valence-electron chi connectivity index (χ4n) is 1.58. The minimum atomic E-state index is -0.878. The van der Waals surface area contributed by atoms with Crippen LogP contribution in [0.5, 0.6) is 0 Å². The number of rotatable bonds is 10. The third kappa shape index (κ3) is 11.7. The van der Waals surface area contributed by atoms with Crippen molar-refractivity contribution < 1.29 is 19.1 Å². The maximum absolute atomic E-state index is 11.2. The Bertz CT molecular complexity index is 249. The van der Waals surface area contributed by atoms with E-state index in [0.29, 0.717) is 6.61 Å². The zero-order chi connectivity index (χ0) is 14.5. The Hall–Kier alpha value is -1.06. The number of carbonyl (C=O) groups excluding carboxylic acids is 2. The molecule has 19 heavy (non-hydrogen) atoms. The molecule has 0 unspecified atom stereocenters. The molecule has 0 aromatic heterocycles. The maximum atomic E-state index is 11.2. The summed E-state index contributed by atoms with van der Waals surface area (Å²) in [5, 5.41) is 0. The average molecular weight is 272 g/mol. The highest BCUT2D eigenvalue weighted by Crippen LogP contribution is 2.06. The van der Waals surface area contributed by atoms with Crippen LogP contribution >= 0.6 is 0 Å². The van der Waals surface area contributed by atoms with Gasteiger partial charge in [-0.05, 0) is 12.3 Å². The van der Waals surface area contributed by atoms with Gasteiger partial charge in [-0.15, -0.1) is 0 Å². The predicted molar refractivity (Wildman–Crippen MR) is 74.7 cm³/mol. The van der Waals surface area contributed by atoms with Crippen molar-refractivity contribution in [1.82, 2.24) is 0 Å². The van der Waals surface area contributed by atoms with Gasteiger partial charge in [0.2, 0.25) is 0 Å². The molecule has 0 aromatic carbocycles. The fourth-order valence-corrected chi connectivity index (χ4v) is 1.58. The van der Waals surface area contributed by atoms with Crippen LogP contribution in [0.2, 0.25) is 0 Å². The van der Waals surface area contributed by atoms with Crippen molar-refractivity contribution in [2.24, 2.45) is 5.92 Å². The SMILES string of the molecule is CCCCCCCCCOC(=O)C(=O)OCC(C)C. The lowest BCUT2D eigenvalue weighted by Crippen LogP contribution is -2.22. The topological polar surface area (TPSA) is 52.6 Å². The van der Waals surface area contributed by atoms with Gasteiger partial charge in [-0.25, -0.2) is 9.59 Å². The van der Waals surface area contributed by atoms with Crippen molar-refractivity contribution >= 4 is 11.9 Å². The molecule has 0 aromatic rings. The van der Waals surface area contributed by atoms with E-state index >= 15 is 0 Å². The van der Waals surface area contributed by atoms with E-state index in [1.807, 2.05) is 13.8 Å². The lowest BCUT2D eigenvalue weighted by Gasteiger charge is -2.07. The molecular formula is C15H28O4. The number of unbranched alkanes of at least 4 members (excludes halogenated alkanes) is 6. The first kappa shape index (κ1) is 17.9. The molecule has 0 N–H and O–H groups in total. The molecule has 0 aliphatic rings. The van der Waals surface area contributed by atoms with Crippen molar-refractivity contribution in [1.29, 1.82) is 0 Å². The second-order valence-electron chi connectivity index (χ2n) is 5.25. The second-order valence-corrected chi connectivity index (χ2v) is 5.25. The van der Waals surface area contributed by atoms with Gasteiger partial charge in [0.1, 0.15) is 0 Å². The first-order chi connectivity index (χ1) is 9.07. The first-order valence-electron chi connectivity index (χ1n) is 7.41. The Labute approximate surface area is 116 Å². The number of ether oxygens (including phenoxy) is 2. The number of hydrogen-bond donors (Lipinski definition) is 0. The standard InChI is InChI=1S/C15H28O4/c1-4-5-6-7-8-9-10-11-18-14(16)15(17)19-12-13(2)3/h13H,4-12H2,1-3H3. The highest BCUT2D eigenvalue weighted by atomic mass is 16.6. The normalized spacial score (nSPS) is 10.5. The minimum absolute atomic E-state index is 0.222. The van der Waals surface area contributed by atoms with E-state index in [4.69, 9.17) is 9.47 Å². The predicted octanol–water partition coefficient (Wildman–Crippen LogP) is 3.48. The molecule has 0 heterocycles. The Morgan fingerprint density at radius 2 is 1.37 bits per heavy atom. The van der Waals surface area contributed by atoms with E-state index in [1.54, 1.807) is 0 Å². The summed E-state index contributed by atoms with van der Waals surface area (Å²) in [6, 6.07) is 0. The van der Waals surface area contributed by atoms with E-state index in [1.165, 1.54) is 25.7 Å². The second kappa shape index (κ2) is 12.0. The summed E-state index contributed by atoms with van der Waals surface area (Å²) in [6.07, 6.45) is 8.06. The molecule has 0 radical (unpaired) electrons. The summed E-state index contributed by atoms with van der Waals surface area (Å²) >= 11 is 0. The quantitative estimate of drug-likeness (QED) is 0.347. The van der Waals surface area contributed by atoms with Gasteiger partial charge < -0.3 is 9.47 Å². The summed E-state index contributed by atoms with van der Waals surface area (Å²) in [4.78, 5) is 22.4. The smallest absolute Gasteiger partial charge is 0.417 e. The summed E-state index contributed by atoms with van der Waals surface area (Å²) in [5.41, 5.74) is 0. The van der Waals surface area contributed by atoms with Crippen LogP contribution in [0.25, 0.3) is 0 Å². The Kier molecular flexibility index (Phi) is 11.3. The summed E-state index contributed by atoms with van der Waals surface area (Å²) in [7, 11) is 0. The average Bonchev–Trinajstić information content (AvgIpc) is 2.38. The molecule has 4 heteroatoms. The highest BCUT2D eigenvalue weighted by molar-refractivity contribution is 6.29. The van der Waals surface area contributed by atoms with Crippen LogP contribution in [0.1, 0.15) is 65.7 Å². The highest BCUT2D eigenvalue weighted by Gasteiger charge is 2.17. The molecule has 0 rings (SSSR count). The van der Waals surface area contributed by atoms with Crippen LogP contribution in [0.3, 0.4) is 0 Å². The van der Waals surface area contributed by atoms with E-state index in [-0.39, 0.29) is 12.5 Å². The third-order valence-corrected chi connectivity index (χ3v) is 2.70. The third-order valence-electron chi connectivity index (χ3n) is 2.70. The molecule has 0 spiro atoms. The Morgan fingerprint density at radius 1 is 0.842 bits per heavy atom. The molecule has 0 bridgehead atoms. The molecule has 0 amide bonds. The van der Waals surface area contributed by atoms with E-state index in [0.717, 1.165) is 19.3 Å². The van der Waals surface area contributed by atoms with Gasteiger partial charge in [0.15, 0.2) is 0 Å². The molecule has 0 aliphatic carbocycles. The van der Waals surface area contributed by atoms with Gasteiger partial charge in [0.25, 0.3) is 0 Å². The Balaban J connectivity index is 3.40. The number of hydrogen-bond acceptors (Lipinski definition) is 4. The number of carbonyl (C=O) groups is 2. The van der Waals surface area contributed by atoms with Gasteiger partial charge in [-0.2, -0.15) is 0 Å². The summed E-state index contributed by atoms with van der Waals surface area (Å²) in [6.45, 7) is 6.58. The van der Waals surface area contributed by atoms with Gasteiger partial charge in [-0.1, -0.05) is 59.3 Å². The van der Waals surface area contributed by atoms with Crippen LogP contribution in [0.15, 0.2) is 0 Å². The zero-order valence-corrected chi connectivity index (χ0v) is 12.6. The van der Waals surface area contributed by atoms with Crippen molar-refractivity contribution in [3.05, 3.63) is 0 Å². The van der Waals surface area contributed by atoms with E-state index < -0.39 is 11.9 Å². The molecule has 0 saturated carbocycles. The lowest BCUT2D eigenvalue weighted by atomic mass is 10.1. The van der Waals surface area contributed by atoms with Crippen LogP contribution in [-0.2, 0) is 19.1 Å². The van der Waals surface area contributed by atoms with Crippen molar-refractivity contribution in [3.8, 4) is 0 Å². The zero-order valence-electron chi connectivity index (χ0n) is 12.6. The minimum Gasteiger partial charge on any atom is -0.457 e. The molecule has 112 valence electrons. The summed E-state index contributed by atoms with van der Waals surface area (Å²) < 4.78 is 9.62. The van der Waals surface area contributed by atoms with Gasteiger partial charge in [0, 0.05) is 0 Å². The van der Waals surface area contributed by atoms with E-state index in [9.17, 15) is 9.59 Å². The van der Waals surface area contributed by atoms with Gasteiger partial charge in [-0.3, -0.25) is 0 Å². The van der Waals surface area contributed by atoms with Crippen LogP contribution in [-0.4, -0.2) is 25.2 Å². The van der Waals surface area contributed by atoms with Crippen LogP contribution in [0.4, 0.5) is 0 Å². The monoisotopic (exact) mass is 272 g/mol. The van der Waals surface area contributed by atoms with Crippen molar-refractivity contribution in [3.63, 3.8) is 0 Å². The van der Waals surface area contributed by atoms with Crippen LogP contribution in [0, 0.1) is 5.92 Å². The van der Waals surface area contributed by atoms with Crippen molar-refractivity contribution in [2.45, 2.75) is 65.7 Å². The molecule has 0 atom stereocenters. The Morgan fingerprint density at radius 3 is 1.95 bits per heavy atom. The maximum Gasteiger partial charge on any atom is 0.417 e. The molecular weight excluding hydrogens is 244 g/mol. The molecule has 0 fully saturated rings. The van der Waals surface area contributed by atoms with Crippen molar-refractivity contribution in [2.75, 3.05) is 13.2 Å². The first-order valence-corrected chi connectivity index (χ1v) is 7.41. The number of esters is 2. The summed E-state index contributed by atoms with van der Waals surface area (Å²) in [5.74, 6) is -1.52. The van der Waals surface area contributed by atoms with Gasteiger partial charge >= 0.3 is 11.9 Å². The fraction of sp³-hybridized carbons (Fsp3) is 0.867. The molecule has 0 aliphatic heterocycles. The van der Waals surface area contributed by atoms with Gasteiger partial charge in [0.05, 0.1) is 13.2 Å². The molecule has 0 saturated heterocycles. The van der Waals surface area contributed by atoms with E-state index in [2.05, 4.69) is 6.92 Å². The lowest BCUT2D eigenvalue weighted by molar-refractivity contribution is -0.168.